The normalized spacial score (nSPS) is 17.9. The van der Waals surface area contributed by atoms with E-state index in [1.165, 1.54) is 11.3 Å². The van der Waals surface area contributed by atoms with Gasteiger partial charge in [0.2, 0.25) is 0 Å². The number of hydrogen-bond acceptors (Lipinski definition) is 5. The van der Waals surface area contributed by atoms with Crippen LogP contribution in [0.4, 0.5) is 0 Å². The zero-order valence-corrected chi connectivity index (χ0v) is 12.8. The molecule has 3 rings (SSSR count). The smallest absolute Gasteiger partial charge is 0.357 e. The van der Waals surface area contributed by atoms with Crippen LogP contribution in [-0.2, 0) is 9.47 Å². The van der Waals surface area contributed by atoms with E-state index in [1.54, 1.807) is 11.4 Å². The number of thiazole rings is 1. The van der Waals surface area contributed by atoms with Gasteiger partial charge in [0.1, 0.15) is 11.6 Å². The van der Waals surface area contributed by atoms with Crippen molar-refractivity contribution in [2.45, 2.75) is 18.9 Å². The molecule has 0 radical (unpaired) electrons. The van der Waals surface area contributed by atoms with Gasteiger partial charge in [0, 0.05) is 22.6 Å². The van der Waals surface area contributed by atoms with Crippen molar-refractivity contribution in [1.82, 2.24) is 4.98 Å². The quantitative estimate of drug-likeness (QED) is 0.803. The summed E-state index contributed by atoms with van der Waals surface area (Å²) in [5, 5.41) is 3.10. The highest BCUT2D eigenvalue weighted by atomic mass is 35.5. The Labute approximate surface area is 131 Å². The van der Waals surface area contributed by atoms with Crippen molar-refractivity contribution in [2.75, 3.05) is 13.2 Å². The Kier molecular flexibility index (Phi) is 4.53. The molecule has 0 bridgehead atoms. The summed E-state index contributed by atoms with van der Waals surface area (Å²) in [7, 11) is 0. The molecule has 1 aromatic carbocycles. The number of nitrogens with zero attached hydrogens (tertiary/aromatic N) is 1. The summed E-state index contributed by atoms with van der Waals surface area (Å²) in [6.07, 6.45) is 2.00. The van der Waals surface area contributed by atoms with Gasteiger partial charge in [-0.25, -0.2) is 9.78 Å². The lowest BCUT2D eigenvalue weighted by Crippen LogP contribution is -2.18. The van der Waals surface area contributed by atoms with Crippen LogP contribution in [0.15, 0.2) is 29.6 Å². The predicted molar refractivity (Wildman–Crippen MR) is 81.8 cm³/mol. The van der Waals surface area contributed by atoms with Crippen LogP contribution < -0.4 is 0 Å². The van der Waals surface area contributed by atoms with E-state index in [9.17, 15) is 4.79 Å². The van der Waals surface area contributed by atoms with E-state index in [0.29, 0.717) is 17.3 Å². The highest BCUT2D eigenvalue weighted by molar-refractivity contribution is 7.13. The van der Waals surface area contributed by atoms with E-state index in [1.807, 2.05) is 18.2 Å². The van der Waals surface area contributed by atoms with E-state index >= 15 is 0 Å². The maximum Gasteiger partial charge on any atom is 0.357 e. The molecule has 0 amide bonds. The van der Waals surface area contributed by atoms with Crippen LogP contribution in [0, 0.1) is 0 Å². The second-order valence-electron chi connectivity index (χ2n) is 4.78. The number of carbonyl (C=O) groups is 1. The fourth-order valence-electron chi connectivity index (χ4n) is 2.14. The van der Waals surface area contributed by atoms with Crippen LogP contribution in [-0.4, -0.2) is 30.3 Å². The van der Waals surface area contributed by atoms with Gasteiger partial charge >= 0.3 is 5.97 Å². The molecule has 0 saturated carbocycles. The van der Waals surface area contributed by atoms with Gasteiger partial charge in [0.05, 0.1) is 6.10 Å². The minimum absolute atomic E-state index is 0.0278. The lowest BCUT2D eigenvalue weighted by molar-refractivity contribution is 0.0157. The summed E-state index contributed by atoms with van der Waals surface area (Å²) in [6.45, 7) is 1.04. The van der Waals surface area contributed by atoms with Crippen molar-refractivity contribution < 1.29 is 14.3 Å². The zero-order valence-electron chi connectivity index (χ0n) is 11.3. The van der Waals surface area contributed by atoms with E-state index in [0.717, 1.165) is 30.0 Å². The first-order valence-corrected chi connectivity index (χ1v) is 7.98. The van der Waals surface area contributed by atoms with Gasteiger partial charge < -0.3 is 9.47 Å². The van der Waals surface area contributed by atoms with Crippen molar-refractivity contribution >= 4 is 28.9 Å². The molecule has 1 atom stereocenters. The van der Waals surface area contributed by atoms with Gasteiger partial charge in [-0.3, -0.25) is 0 Å². The van der Waals surface area contributed by atoms with Crippen LogP contribution in [0.25, 0.3) is 10.6 Å². The molecular weight excluding hydrogens is 310 g/mol. The number of hydrogen-bond donors (Lipinski definition) is 0. The molecule has 0 N–H and O–H groups in total. The van der Waals surface area contributed by atoms with Gasteiger partial charge in [-0.15, -0.1) is 11.3 Å². The predicted octanol–water partition coefficient (Wildman–Crippen LogP) is 3.80. The van der Waals surface area contributed by atoms with Crippen LogP contribution in [0.5, 0.6) is 0 Å². The minimum atomic E-state index is -0.407. The first-order valence-electron chi connectivity index (χ1n) is 6.72. The lowest BCUT2D eigenvalue weighted by atomic mass is 10.2. The average Bonchev–Trinajstić information content (AvgIpc) is 3.16. The number of esters is 1. The molecule has 1 aliphatic heterocycles. The topological polar surface area (TPSA) is 48.4 Å². The third-order valence-electron chi connectivity index (χ3n) is 3.21. The first-order chi connectivity index (χ1) is 10.2. The Balaban J connectivity index is 1.65. The molecule has 2 heterocycles. The largest absolute Gasteiger partial charge is 0.458 e. The molecule has 1 aromatic heterocycles. The summed E-state index contributed by atoms with van der Waals surface area (Å²) < 4.78 is 10.7. The molecule has 1 saturated heterocycles. The number of ether oxygens (including phenoxy) is 2. The van der Waals surface area contributed by atoms with Crippen molar-refractivity contribution in [3.63, 3.8) is 0 Å². The average molecular weight is 324 g/mol. The molecule has 1 unspecified atom stereocenters. The van der Waals surface area contributed by atoms with Gasteiger partial charge in [-0.2, -0.15) is 0 Å². The molecular formula is C15H14ClNO3S. The lowest BCUT2D eigenvalue weighted by Gasteiger charge is -2.08. The Morgan fingerprint density at radius 1 is 1.52 bits per heavy atom. The second-order valence-corrected chi connectivity index (χ2v) is 6.08. The molecule has 1 aliphatic rings. The van der Waals surface area contributed by atoms with E-state index in [2.05, 4.69) is 4.98 Å². The molecule has 110 valence electrons. The standard InChI is InChI=1S/C15H14ClNO3S/c16-11-4-1-3-10(7-11)14-17-13(9-21-14)15(18)20-8-12-5-2-6-19-12/h1,3-4,7,9,12H,2,5-6,8H2. The van der Waals surface area contributed by atoms with E-state index in [-0.39, 0.29) is 6.10 Å². The fraction of sp³-hybridized carbons (Fsp3) is 0.333. The van der Waals surface area contributed by atoms with Crippen molar-refractivity contribution in [3.8, 4) is 10.6 Å². The molecule has 21 heavy (non-hydrogen) atoms. The Hall–Kier alpha value is -1.43. The Morgan fingerprint density at radius 3 is 3.19 bits per heavy atom. The maximum absolute atomic E-state index is 12.0. The third kappa shape index (κ3) is 3.61. The van der Waals surface area contributed by atoms with Gasteiger partial charge in [0.15, 0.2) is 5.69 Å². The van der Waals surface area contributed by atoms with Crippen LogP contribution in [0.3, 0.4) is 0 Å². The minimum Gasteiger partial charge on any atom is -0.458 e. The maximum atomic E-state index is 12.0. The van der Waals surface area contributed by atoms with Crippen LogP contribution >= 0.6 is 22.9 Å². The van der Waals surface area contributed by atoms with Crippen LogP contribution in [0.1, 0.15) is 23.3 Å². The molecule has 1 fully saturated rings. The molecule has 6 heteroatoms. The first kappa shape index (κ1) is 14.5. The van der Waals surface area contributed by atoms with E-state index in [4.69, 9.17) is 21.1 Å². The van der Waals surface area contributed by atoms with Crippen molar-refractivity contribution in [3.05, 3.63) is 40.4 Å². The summed E-state index contributed by atoms with van der Waals surface area (Å²) in [4.78, 5) is 16.3. The number of halogens is 1. The number of carbonyl (C=O) groups excluding carboxylic acids is 1. The Bertz CT molecular complexity index is 637. The number of benzene rings is 1. The zero-order chi connectivity index (χ0) is 14.7. The highest BCUT2D eigenvalue weighted by Gasteiger charge is 2.19. The number of aromatic nitrogens is 1. The highest BCUT2D eigenvalue weighted by Crippen LogP contribution is 2.26. The summed E-state index contributed by atoms with van der Waals surface area (Å²) in [5.74, 6) is -0.407. The number of rotatable bonds is 4. The SMILES string of the molecule is O=C(OCC1CCCO1)c1csc(-c2cccc(Cl)c2)n1. The van der Waals surface area contributed by atoms with Gasteiger partial charge in [-0.05, 0) is 25.0 Å². The van der Waals surface area contributed by atoms with Gasteiger partial charge in [-0.1, -0.05) is 23.7 Å². The second kappa shape index (κ2) is 6.56. The molecule has 4 nitrogen and oxygen atoms in total. The fourth-order valence-corrected chi connectivity index (χ4v) is 3.12. The monoisotopic (exact) mass is 323 g/mol. The van der Waals surface area contributed by atoms with Crippen molar-refractivity contribution in [2.24, 2.45) is 0 Å². The van der Waals surface area contributed by atoms with Crippen molar-refractivity contribution in [1.29, 1.82) is 0 Å². The van der Waals surface area contributed by atoms with E-state index < -0.39 is 5.97 Å². The molecule has 2 aromatic rings. The third-order valence-corrected chi connectivity index (χ3v) is 4.34. The summed E-state index contributed by atoms with van der Waals surface area (Å²) in [6, 6.07) is 7.39. The summed E-state index contributed by atoms with van der Waals surface area (Å²) >= 11 is 7.35. The molecule has 0 aliphatic carbocycles. The van der Waals surface area contributed by atoms with Gasteiger partial charge in [0.25, 0.3) is 0 Å². The Morgan fingerprint density at radius 2 is 2.43 bits per heavy atom. The summed E-state index contributed by atoms with van der Waals surface area (Å²) in [5.41, 5.74) is 1.22. The molecule has 0 spiro atoms. The van der Waals surface area contributed by atoms with Crippen LogP contribution in [0.2, 0.25) is 5.02 Å².